The molecule has 1 N–H and O–H groups in total. The molecule has 2 atom stereocenters. The van der Waals surface area contributed by atoms with Gasteiger partial charge in [0, 0.05) is 25.3 Å². The molecule has 3 fully saturated rings. The minimum absolute atomic E-state index is 0.0288. The van der Waals surface area contributed by atoms with Crippen molar-refractivity contribution in [2.24, 2.45) is 12.5 Å². The number of hydrogen-bond acceptors (Lipinski definition) is 5. The van der Waals surface area contributed by atoms with Gasteiger partial charge in [-0.25, -0.2) is 4.39 Å². The van der Waals surface area contributed by atoms with Crippen molar-refractivity contribution in [3.63, 3.8) is 0 Å². The van der Waals surface area contributed by atoms with Crippen LogP contribution >= 0.6 is 11.8 Å². The normalized spacial score (nSPS) is 26.0. The molecule has 5 nitrogen and oxygen atoms in total. The monoisotopic (exact) mass is 497 g/mol. The molecule has 1 aliphatic carbocycles. The van der Waals surface area contributed by atoms with Crippen molar-refractivity contribution in [1.29, 1.82) is 0 Å². The number of thioether (sulfide) groups is 1. The van der Waals surface area contributed by atoms with E-state index in [0.29, 0.717) is 17.5 Å². The smallest absolute Gasteiger partial charge is 0.317 e. The summed E-state index contributed by atoms with van der Waals surface area (Å²) in [6.45, 7) is 4.89. The second-order valence-corrected chi connectivity index (χ2v) is 11.1. The van der Waals surface area contributed by atoms with Crippen molar-refractivity contribution < 1.29 is 17.6 Å². The molecule has 0 radical (unpaired) electrons. The molecule has 5 rings (SSSR count). The molecule has 1 aromatic carbocycles. The van der Waals surface area contributed by atoms with Gasteiger partial charge in [-0.2, -0.15) is 13.2 Å². The first-order chi connectivity index (χ1) is 16.3. The molecule has 2 aliphatic heterocycles. The Kier molecular flexibility index (Phi) is 6.67. The Balaban J connectivity index is 1.09. The third kappa shape index (κ3) is 4.86. The van der Waals surface area contributed by atoms with Crippen molar-refractivity contribution in [3.05, 3.63) is 41.0 Å². The number of halogens is 4. The fraction of sp³-hybridized carbons (Fsp3) is 0.667. The Morgan fingerprint density at radius 1 is 1.21 bits per heavy atom. The van der Waals surface area contributed by atoms with Crippen molar-refractivity contribution in [1.82, 2.24) is 25.0 Å². The van der Waals surface area contributed by atoms with Crippen molar-refractivity contribution in [3.8, 4) is 0 Å². The summed E-state index contributed by atoms with van der Waals surface area (Å²) in [7, 11) is 2.05. The van der Waals surface area contributed by atoms with Crippen molar-refractivity contribution in [2.45, 2.75) is 55.3 Å². The highest BCUT2D eigenvalue weighted by atomic mass is 32.2. The number of nitrogens with one attached hydrogen (secondary N) is 1. The standard InChI is InChI=1S/C24H31F4N5S/c1-32-21(16-5-8-29-9-6-16)30-31-22(32)34-12-2-10-33-11-7-23(15-33)14-19(23)18-4-3-17(13-20(18)25)24(26,27)28/h3-4,13,16,19,29H,2,5-12,14-15H2,1H3/t19?,23-/m0/s1. The van der Waals surface area contributed by atoms with E-state index in [1.807, 2.05) is 0 Å². The van der Waals surface area contributed by atoms with E-state index in [9.17, 15) is 17.6 Å². The summed E-state index contributed by atoms with van der Waals surface area (Å²) in [6.07, 6.45) is 0.556. The number of nitrogens with zero attached hydrogens (tertiary/aromatic N) is 4. The Labute approximate surface area is 201 Å². The third-order valence-electron chi connectivity index (χ3n) is 7.78. The van der Waals surface area contributed by atoms with Gasteiger partial charge in [0.15, 0.2) is 5.16 Å². The van der Waals surface area contributed by atoms with Crippen LogP contribution in [0.3, 0.4) is 0 Å². The summed E-state index contributed by atoms with van der Waals surface area (Å²) < 4.78 is 55.1. The lowest BCUT2D eigenvalue weighted by Gasteiger charge is -2.21. The summed E-state index contributed by atoms with van der Waals surface area (Å²) in [5.74, 6) is 1.83. The number of hydrogen-bond donors (Lipinski definition) is 1. The molecule has 186 valence electrons. The van der Waals surface area contributed by atoms with Crippen LogP contribution in [0.2, 0.25) is 0 Å². The maximum atomic E-state index is 14.4. The van der Waals surface area contributed by atoms with Crippen LogP contribution in [0.5, 0.6) is 0 Å². The van der Waals surface area contributed by atoms with E-state index in [0.717, 1.165) is 87.6 Å². The summed E-state index contributed by atoms with van der Waals surface area (Å²) in [5, 5.41) is 13.2. The van der Waals surface area contributed by atoms with Crippen LogP contribution < -0.4 is 5.32 Å². The van der Waals surface area contributed by atoms with Gasteiger partial charge in [0.05, 0.1) is 5.56 Å². The summed E-state index contributed by atoms with van der Waals surface area (Å²) in [5.41, 5.74) is -0.446. The third-order valence-corrected chi connectivity index (χ3v) is 8.89. The second kappa shape index (κ2) is 9.43. The van der Waals surface area contributed by atoms with E-state index in [1.165, 1.54) is 6.07 Å². The van der Waals surface area contributed by atoms with Crippen LogP contribution in [0.1, 0.15) is 60.9 Å². The molecule has 3 aliphatic rings. The second-order valence-electron chi connectivity index (χ2n) is 10.0. The Bertz CT molecular complexity index is 1020. The molecule has 1 saturated carbocycles. The van der Waals surface area contributed by atoms with Gasteiger partial charge in [0.25, 0.3) is 0 Å². The van der Waals surface area contributed by atoms with Crippen molar-refractivity contribution in [2.75, 3.05) is 38.5 Å². The fourth-order valence-electron chi connectivity index (χ4n) is 5.74. The van der Waals surface area contributed by atoms with E-state index in [2.05, 4.69) is 32.0 Å². The largest absolute Gasteiger partial charge is 0.416 e. The molecule has 0 bridgehead atoms. The molecule has 2 saturated heterocycles. The quantitative estimate of drug-likeness (QED) is 0.338. The lowest BCUT2D eigenvalue weighted by atomic mass is 9.97. The summed E-state index contributed by atoms with van der Waals surface area (Å²) in [4.78, 5) is 2.42. The molecule has 2 aromatic rings. The average Bonchev–Trinajstić information content (AvgIpc) is 3.14. The lowest BCUT2D eigenvalue weighted by molar-refractivity contribution is -0.137. The molecule has 34 heavy (non-hydrogen) atoms. The van der Waals surface area contributed by atoms with Gasteiger partial charge >= 0.3 is 6.18 Å². The van der Waals surface area contributed by atoms with E-state index < -0.39 is 17.6 Å². The number of rotatable bonds is 7. The molecular formula is C24H31F4N5S. The van der Waals surface area contributed by atoms with E-state index in [4.69, 9.17) is 0 Å². The van der Waals surface area contributed by atoms with Gasteiger partial charge < -0.3 is 14.8 Å². The van der Waals surface area contributed by atoms with Crippen LogP contribution in [-0.2, 0) is 13.2 Å². The van der Waals surface area contributed by atoms with Gasteiger partial charge in [-0.1, -0.05) is 17.8 Å². The molecule has 3 heterocycles. The molecule has 1 spiro atoms. The average molecular weight is 498 g/mol. The van der Waals surface area contributed by atoms with E-state index >= 15 is 0 Å². The van der Waals surface area contributed by atoms with Crippen LogP contribution in [0.4, 0.5) is 17.6 Å². The Hall–Kier alpha value is -1.65. The highest BCUT2D eigenvalue weighted by Crippen LogP contribution is 2.64. The number of benzene rings is 1. The highest BCUT2D eigenvalue weighted by Gasteiger charge is 2.58. The first kappa shape index (κ1) is 24.1. The summed E-state index contributed by atoms with van der Waals surface area (Å²) >= 11 is 1.74. The first-order valence-corrected chi connectivity index (χ1v) is 13.1. The lowest BCUT2D eigenvalue weighted by Crippen LogP contribution is -2.27. The molecule has 1 unspecified atom stereocenters. The SMILES string of the molecule is Cn1c(SCCCN2CC[C@]3(CC3c3ccc(C(F)(F)F)cc3F)C2)nnc1C1CCNCC1. The number of piperidine rings is 1. The van der Waals surface area contributed by atoms with Crippen LogP contribution in [0.25, 0.3) is 0 Å². The molecule has 10 heteroatoms. The van der Waals surface area contributed by atoms with Gasteiger partial charge in [-0.3, -0.25) is 0 Å². The molecule has 0 amide bonds. The first-order valence-electron chi connectivity index (χ1n) is 12.1. The van der Waals surface area contributed by atoms with Gasteiger partial charge in [-0.05, 0) is 87.3 Å². The molecule has 1 aromatic heterocycles. The summed E-state index contributed by atoms with van der Waals surface area (Å²) in [6, 6.07) is 3.00. The van der Waals surface area contributed by atoms with Crippen LogP contribution in [0.15, 0.2) is 23.4 Å². The Morgan fingerprint density at radius 2 is 2.00 bits per heavy atom. The van der Waals surface area contributed by atoms with Crippen LogP contribution in [0, 0.1) is 11.2 Å². The highest BCUT2D eigenvalue weighted by molar-refractivity contribution is 7.99. The van der Waals surface area contributed by atoms with E-state index in [-0.39, 0.29) is 11.3 Å². The Morgan fingerprint density at radius 3 is 2.74 bits per heavy atom. The van der Waals surface area contributed by atoms with Gasteiger partial charge in [-0.15, -0.1) is 10.2 Å². The van der Waals surface area contributed by atoms with Gasteiger partial charge in [0.1, 0.15) is 11.6 Å². The topological polar surface area (TPSA) is 46.0 Å². The zero-order valence-electron chi connectivity index (χ0n) is 19.4. The van der Waals surface area contributed by atoms with E-state index in [1.54, 1.807) is 11.8 Å². The zero-order valence-corrected chi connectivity index (χ0v) is 20.2. The molecular weight excluding hydrogens is 466 g/mol. The number of alkyl halides is 3. The van der Waals surface area contributed by atoms with Crippen molar-refractivity contribution >= 4 is 11.8 Å². The van der Waals surface area contributed by atoms with Crippen LogP contribution in [-0.4, -0.2) is 58.1 Å². The minimum Gasteiger partial charge on any atom is -0.317 e. The minimum atomic E-state index is -4.51. The predicted octanol–water partition coefficient (Wildman–Crippen LogP) is 4.80. The number of likely N-dealkylation sites (tertiary alicyclic amines) is 1. The number of aromatic nitrogens is 3. The maximum absolute atomic E-state index is 14.4. The zero-order chi connectivity index (χ0) is 23.9. The fourth-order valence-corrected chi connectivity index (χ4v) is 6.58. The maximum Gasteiger partial charge on any atom is 0.416 e. The predicted molar refractivity (Wildman–Crippen MR) is 123 cm³/mol. The van der Waals surface area contributed by atoms with Gasteiger partial charge in [0.2, 0.25) is 0 Å².